The lowest BCUT2D eigenvalue weighted by Crippen LogP contribution is -2.55. The highest BCUT2D eigenvalue weighted by atomic mass is 19.1. The van der Waals surface area contributed by atoms with Gasteiger partial charge in [-0.3, -0.25) is 4.99 Å². The molecule has 4 rings (SSSR count). The number of hydrogen-bond donors (Lipinski definition) is 2. The minimum absolute atomic E-state index is 0.228. The number of rotatable bonds is 2. The van der Waals surface area contributed by atoms with Crippen molar-refractivity contribution in [2.75, 3.05) is 23.8 Å². The number of ether oxygens (including phenoxy) is 1. The first kappa shape index (κ1) is 15.1. The Labute approximate surface area is 140 Å². The number of hydrogen-bond acceptors (Lipinski definition) is 3. The minimum Gasteiger partial charge on any atom is -0.381 e. The second kappa shape index (κ2) is 6.24. The summed E-state index contributed by atoms with van der Waals surface area (Å²) in [6.45, 7) is 1.86. The normalized spacial score (nSPS) is 20.3. The van der Waals surface area contributed by atoms with Crippen LogP contribution in [0.5, 0.6) is 0 Å². The molecular formula is C19H20FN3O. The summed E-state index contributed by atoms with van der Waals surface area (Å²) in [5.41, 5.74) is 2.74. The van der Waals surface area contributed by atoms with E-state index in [1.54, 1.807) is 6.07 Å². The second-order valence-electron chi connectivity index (χ2n) is 6.28. The van der Waals surface area contributed by atoms with Crippen molar-refractivity contribution in [3.8, 4) is 0 Å². The Bertz CT molecular complexity index is 769. The van der Waals surface area contributed by atoms with Gasteiger partial charge in [0.25, 0.3) is 0 Å². The Balaban J connectivity index is 1.66. The van der Waals surface area contributed by atoms with Gasteiger partial charge in [0, 0.05) is 26.1 Å². The van der Waals surface area contributed by atoms with Crippen LogP contribution in [-0.2, 0) is 11.3 Å². The minimum atomic E-state index is -0.236. The van der Waals surface area contributed by atoms with Crippen molar-refractivity contribution in [1.29, 1.82) is 0 Å². The van der Waals surface area contributed by atoms with Gasteiger partial charge in [-0.25, -0.2) is 4.39 Å². The fourth-order valence-corrected chi connectivity index (χ4v) is 3.34. The monoisotopic (exact) mass is 325 g/mol. The molecule has 1 saturated heterocycles. The fourth-order valence-electron chi connectivity index (χ4n) is 3.34. The third-order valence-corrected chi connectivity index (χ3v) is 4.66. The third kappa shape index (κ3) is 2.87. The smallest absolute Gasteiger partial charge is 0.127 e. The number of benzene rings is 2. The van der Waals surface area contributed by atoms with Crippen LogP contribution in [0.3, 0.4) is 0 Å². The summed E-state index contributed by atoms with van der Waals surface area (Å²) in [7, 11) is 0. The molecule has 0 saturated carbocycles. The van der Waals surface area contributed by atoms with Crippen LogP contribution < -0.4 is 10.6 Å². The van der Waals surface area contributed by atoms with E-state index in [9.17, 15) is 4.39 Å². The lowest BCUT2D eigenvalue weighted by Gasteiger charge is -2.43. The Kier molecular flexibility index (Phi) is 3.94. The number of nitrogens with zero attached hydrogens (tertiary/aromatic N) is 1. The molecule has 1 spiro atoms. The maximum atomic E-state index is 13.4. The Morgan fingerprint density at radius 1 is 1.04 bits per heavy atom. The number of aliphatic imine (C=N–C) groups is 1. The van der Waals surface area contributed by atoms with Crippen LogP contribution in [0, 0.1) is 5.82 Å². The van der Waals surface area contributed by atoms with Crippen LogP contribution in [0.4, 0.5) is 15.8 Å². The summed E-state index contributed by atoms with van der Waals surface area (Å²) < 4.78 is 18.9. The van der Waals surface area contributed by atoms with Gasteiger partial charge in [0.15, 0.2) is 0 Å². The largest absolute Gasteiger partial charge is 0.381 e. The van der Waals surface area contributed by atoms with Crippen molar-refractivity contribution in [1.82, 2.24) is 0 Å². The van der Waals surface area contributed by atoms with Gasteiger partial charge in [0.2, 0.25) is 0 Å². The maximum absolute atomic E-state index is 13.4. The number of halogens is 1. The van der Waals surface area contributed by atoms with E-state index in [0.29, 0.717) is 19.8 Å². The van der Waals surface area contributed by atoms with Crippen LogP contribution in [0.15, 0.2) is 53.5 Å². The lowest BCUT2D eigenvalue weighted by molar-refractivity contribution is 0.0778. The average molecular weight is 325 g/mol. The zero-order valence-electron chi connectivity index (χ0n) is 13.4. The summed E-state index contributed by atoms with van der Waals surface area (Å²) in [5, 5.41) is 7.14. The molecule has 0 bridgehead atoms. The molecule has 0 amide bonds. The highest BCUT2D eigenvalue weighted by molar-refractivity contribution is 6.09. The summed E-state index contributed by atoms with van der Waals surface area (Å²) >= 11 is 0. The van der Waals surface area contributed by atoms with Gasteiger partial charge in [-0.1, -0.05) is 24.3 Å². The second-order valence-corrected chi connectivity index (χ2v) is 6.28. The first-order chi connectivity index (χ1) is 11.8. The van der Waals surface area contributed by atoms with Gasteiger partial charge in [-0.05, 0) is 29.8 Å². The van der Waals surface area contributed by atoms with Crippen molar-refractivity contribution in [2.45, 2.75) is 24.9 Å². The fraction of sp³-hybridized carbons (Fsp3) is 0.316. The molecule has 2 aliphatic heterocycles. The molecule has 0 unspecified atom stereocenters. The zero-order chi connectivity index (χ0) is 16.4. The molecule has 4 nitrogen and oxygen atoms in total. The van der Waals surface area contributed by atoms with Gasteiger partial charge in [0.1, 0.15) is 11.7 Å². The molecule has 24 heavy (non-hydrogen) atoms. The SMILES string of the molecule is Fc1cccc(CN=C2Nc3ccccc3NC23CCOCC3)c1. The van der Waals surface area contributed by atoms with Crippen LogP contribution in [0.25, 0.3) is 0 Å². The standard InChI is InChI=1S/C19H20FN3O/c20-15-5-3-4-14(12-15)13-21-18-19(8-10-24-11-9-19)23-17-7-2-1-6-16(17)22-18/h1-7,12,23H,8-11,13H2,(H,21,22). The Morgan fingerprint density at radius 3 is 2.62 bits per heavy atom. The topological polar surface area (TPSA) is 45.7 Å². The molecule has 2 N–H and O–H groups in total. The van der Waals surface area contributed by atoms with E-state index in [2.05, 4.69) is 16.7 Å². The summed E-state index contributed by atoms with van der Waals surface area (Å²) in [5.74, 6) is 0.683. The number of amidine groups is 1. The van der Waals surface area contributed by atoms with Gasteiger partial charge >= 0.3 is 0 Å². The van der Waals surface area contributed by atoms with Gasteiger partial charge in [-0.2, -0.15) is 0 Å². The first-order valence-electron chi connectivity index (χ1n) is 8.27. The van der Waals surface area contributed by atoms with E-state index < -0.39 is 0 Å². The van der Waals surface area contributed by atoms with Gasteiger partial charge < -0.3 is 15.4 Å². The van der Waals surface area contributed by atoms with Crippen LogP contribution >= 0.6 is 0 Å². The number of para-hydroxylation sites is 2. The highest BCUT2D eigenvalue weighted by Crippen LogP contribution is 2.36. The van der Waals surface area contributed by atoms with Gasteiger partial charge in [-0.15, -0.1) is 0 Å². The molecule has 0 atom stereocenters. The number of anilines is 2. The van der Waals surface area contributed by atoms with Crippen molar-refractivity contribution >= 4 is 17.2 Å². The van der Waals surface area contributed by atoms with Crippen molar-refractivity contribution in [2.24, 2.45) is 4.99 Å². The zero-order valence-corrected chi connectivity index (χ0v) is 13.4. The first-order valence-corrected chi connectivity index (χ1v) is 8.27. The quantitative estimate of drug-likeness (QED) is 0.882. The molecule has 2 aromatic carbocycles. The van der Waals surface area contributed by atoms with Crippen LogP contribution in [0.2, 0.25) is 0 Å². The predicted molar refractivity (Wildman–Crippen MR) is 94.0 cm³/mol. The van der Waals surface area contributed by atoms with Crippen molar-refractivity contribution in [3.63, 3.8) is 0 Å². The predicted octanol–water partition coefficient (Wildman–Crippen LogP) is 3.81. The Morgan fingerprint density at radius 2 is 1.83 bits per heavy atom. The molecule has 124 valence electrons. The molecule has 2 aliphatic rings. The van der Waals surface area contributed by atoms with Crippen LogP contribution in [0.1, 0.15) is 18.4 Å². The third-order valence-electron chi connectivity index (χ3n) is 4.66. The molecule has 0 radical (unpaired) electrons. The summed E-state index contributed by atoms with van der Waals surface area (Å²) in [6, 6.07) is 14.7. The molecular weight excluding hydrogens is 305 g/mol. The summed E-state index contributed by atoms with van der Waals surface area (Å²) in [4.78, 5) is 4.79. The van der Waals surface area contributed by atoms with E-state index in [1.807, 2.05) is 24.3 Å². The number of fused-ring (bicyclic) bond motifs is 1. The Hall–Kier alpha value is -2.40. The average Bonchev–Trinajstić information content (AvgIpc) is 2.61. The van der Waals surface area contributed by atoms with E-state index in [4.69, 9.17) is 9.73 Å². The molecule has 1 fully saturated rings. The van der Waals surface area contributed by atoms with Gasteiger partial charge in [0.05, 0.1) is 23.5 Å². The molecule has 0 aromatic heterocycles. The van der Waals surface area contributed by atoms with Crippen molar-refractivity contribution in [3.05, 3.63) is 59.9 Å². The molecule has 5 heteroatoms. The highest BCUT2D eigenvalue weighted by Gasteiger charge is 2.41. The van der Waals surface area contributed by atoms with E-state index >= 15 is 0 Å². The van der Waals surface area contributed by atoms with Crippen molar-refractivity contribution < 1.29 is 9.13 Å². The molecule has 0 aliphatic carbocycles. The van der Waals surface area contributed by atoms with E-state index in [-0.39, 0.29) is 11.4 Å². The number of nitrogens with one attached hydrogen (secondary N) is 2. The van der Waals surface area contributed by atoms with E-state index in [0.717, 1.165) is 35.6 Å². The van der Waals surface area contributed by atoms with E-state index in [1.165, 1.54) is 12.1 Å². The maximum Gasteiger partial charge on any atom is 0.127 e. The molecule has 2 aromatic rings. The summed E-state index contributed by atoms with van der Waals surface area (Å²) in [6.07, 6.45) is 1.71. The lowest BCUT2D eigenvalue weighted by atomic mass is 9.86. The molecule has 2 heterocycles. The van der Waals surface area contributed by atoms with Crippen LogP contribution in [-0.4, -0.2) is 24.6 Å².